The molecule has 5 rings (SSSR count). The lowest BCUT2D eigenvalue weighted by atomic mass is 10.0. The molecule has 0 unspecified atom stereocenters. The fraction of sp³-hybridized carbons (Fsp3) is 0. The van der Waals surface area contributed by atoms with E-state index in [-0.39, 0.29) is 0 Å². The molecule has 128 valence electrons. The monoisotopic (exact) mass is 365 g/mol. The lowest BCUT2D eigenvalue weighted by Gasteiger charge is -2.10. The Morgan fingerprint density at radius 1 is 0.556 bits per heavy atom. The quantitative estimate of drug-likeness (QED) is 0.380. The Morgan fingerprint density at radius 2 is 1.00 bits per heavy atom. The molecular formula is C23H15N3S. The molecule has 0 saturated heterocycles. The predicted octanol–water partition coefficient (Wildman–Crippen LogP) is 6.17. The third-order valence-electron chi connectivity index (χ3n) is 4.74. The molecular weight excluding hydrogens is 350 g/mol. The maximum Gasteiger partial charge on any atom is 0.223 e. The van der Waals surface area contributed by atoms with Crippen LogP contribution in [0.15, 0.2) is 84.9 Å². The maximum atomic E-state index is 5.39. The number of hydrogen-bond donors (Lipinski definition) is 1. The number of aromatic amines is 1. The van der Waals surface area contributed by atoms with Crippen LogP contribution < -0.4 is 0 Å². The summed E-state index contributed by atoms with van der Waals surface area (Å²) in [5.41, 5.74) is 2.03. The van der Waals surface area contributed by atoms with Crippen LogP contribution >= 0.6 is 12.2 Å². The second-order valence-corrected chi connectivity index (χ2v) is 6.75. The smallest absolute Gasteiger partial charge is 0.223 e. The molecule has 1 heterocycles. The predicted molar refractivity (Wildman–Crippen MR) is 113 cm³/mol. The third kappa shape index (κ3) is 2.80. The largest absolute Gasteiger partial charge is 0.324 e. The molecule has 0 radical (unpaired) electrons. The van der Waals surface area contributed by atoms with Crippen molar-refractivity contribution >= 4 is 33.8 Å². The van der Waals surface area contributed by atoms with E-state index in [1.807, 2.05) is 36.4 Å². The first-order valence-electron chi connectivity index (χ1n) is 8.74. The van der Waals surface area contributed by atoms with Crippen molar-refractivity contribution in [2.45, 2.75) is 0 Å². The molecule has 1 aromatic heterocycles. The summed E-state index contributed by atoms with van der Waals surface area (Å²) in [6, 6.07) is 28.9. The van der Waals surface area contributed by atoms with E-state index in [1.165, 1.54) is 10.8 Å². The fourth-order valence-electron chi connectivity index (χ4n) is 3.50. The lowest BCUT2D eigenvalue weighted by Crippen LogP contribution is -1.98. The second kappa shape index (κ2) is 6.41. The minimum absolute atomic E-state index is 0.333. The zero-order chi connectivity index (χ0) is 18.2. The number of benzene rings is 4. The van der Waals surface area contributed by atoms with Crippen molar-refractivity contribution in [1.82, 2.24) is 15.0 Å². The first-order chi connectivity index (χ1) is 13.3. The molecule has 0 atom stereocenters. The molecule has 4 aromatic carbocycles. The summed E-state index contributed by atoms with van der Waals surface area (Å²) in [5.74, 6) is 1.46. The van der Waals surface area contributed by atoms with E-state index in [4.69, 9.17) is 12.2 Å². The van der Waals surface area contributed by atoms with Crippen molar-refractivity contribution in [3.63, 3.8) is 0 Å². The van der Waals surface area contributed by atoms with Crippen LogP contribution in [0.4, 0.5) is 0 Å². The van der Waals surface area contributed by atoms with Gasteiger partial charge >= 0.3 is 0 Å². The SMILES string of the molecule is S=c1nc(-c2cccc3ccccc23)[nH]c(-c2cccc3ccccc23)n1. The Bertz CT molecular complexity index is 1240. The summed E-state index contributed by atoms with van der Waals surface area (Å²) >= 11 is 5.39. The molecule has 0 aliphatic heterocycles. The Morgan fingerprint density at radius 3 is 1.52 bits per heavy atom. The van der Waals surface area contributed by atoms with Gasteiger partial charge in [-0.3, -0.25) is 0 Å². The van der Waals surface area contributed by atoms with Gasteiger partial charge in [0.05, 0.1) is 0 Å². The number of nitrogens with one attached hydrogen (secondary N) is 1. The number of aromatic nitrogens is 3. The Kier molecular flexibility index (Phi) is 3.77. The lowest BCUT2D eigenvalue weighted by molar-refractivity contribution is 1.05. The van der Waals surface area contributed by atoms with Crippen molar-refractivity contribution in [3.8, 4) is 22.8 Å². The summed E-state index contributed by atoms with van der Waals surface area (Å²) < 4.78 is 0.333. The molecule has 5 aromatic rings. The van der Waals surface area contributed by atoms with Crippen LogP contribution in [0.5, 0.6) is 0 Å². The highest BCUT2D eigenvalue weighted by atomic mass is 32.1. The Labute approximate surface area is 161 Å². The van der Waals surface area contributed by atoms with Crippen LogP contribution in [0.25, 0.3) is 44.3 Å². The van der Waals surface area contributed by atoms with Crippen molar-refractivity contribution < 1.29 is 0 Å². The van der Waals surface area contributed by atoms with Crippen LogP contribution in [-0.4, -0.2) is 15.0 Å². The van der Waals surface area contributed by atoms with E-state index in [1.54, 1.807) is 0 Å². The van der Waals surface area contributed by atoms with Crippen molar-refractivity contribution in [1.29, 1.82) is 0 Å². The van der Waals surface area contributed by atoms with E-state index in [0.717, 1.165) is 33.5 Å². The van der Waals surface area contributed by atoms with Crippen LogP contribution in [0, 0.1) is 4.77 Å². The summed E-state index contributed by atoms with van der Waals surface area (Å²) in [4.78, 5) is 12.4. The van der Waals surface area contributed by atoms with E-state index >= 15 is 0 Å². The minimum Gasteiger partial charge on any atom is -0.324 e. The van der Waals surface area contributed by atoms with Gasteiger partial charge in [-0.1, -0.05) is 84.9 Å². The molecule has 0 spiro atoms. The van der Waals surface area contributed by atoms with Crippen LogP contribution in [0.3, 0.4) is 0 Å². The van der Waals surface area contributed by atoms with Crippen LogP contribution in [0.2, 0.25) is 0 Å². The second-order valence-electron chi connectivity index (χ2n) is 6.38. The first kappa shape index (κ1) is 15.9. The average Bonchev–Trinajstić information content (AvgIpc) is 2.72. The highest BCUT2D eigenvalue weighted by Crippen LogP contribution is 2.29. The summed E-state index contributed by atoms with van der Waals surface area (Å²) in [6.07, 6.45) is 0. The molecule has 3 nitrogen and oxygen atoms in total. The van der Waals surface area contributed by atoms with Crippen LogP contribution in [0.1, 0.15) is 0 Å². The van der Waals surface area contributed by atoms with Crippen LogP contribution in [-0.2, 0) is 0 Å². The number of rotatable bonds is 2. The number of nitrogens with zero attached hydrogens (tertiary/aromatic N) is 2. The van der Waals surface area contributed by atoms with E-state index in [2.05, 4.69) is 63.5 Å². The topological polar surface area (TPSA) is 41.6 Å². The van der Waals surface area contributed by atoms with Crippen molar-refractivity contribution in [2.24, 2.45) is 0 Å². The molecule has 4 heteroatoms. The fourth-order valence-corrected chi connectivity index (χ4v) is 3.69. The van der Waals surface area contributed by atoms with Gasteiger partial charge in [0.15, 0.2) is 0 Å². The molecule has 0 aliphatic carbocycles. The van der Waals surface area contributed by atoms with Gasteiger partial charge in [-0.05, 0) is 33.8 Å². The van der Waals surface area contributed by atoms with E-state index < -0.39 is 0 Å². The Hall–Kier alpha value is -3.37. The Balaban J connectivity index is 1.77. The van der Waals surface area contributed by atoms with E-state index in [0.29, 0.717) is 4.77 Å². The standard InChI is InChI=1S/C23H15N3S/c27-23-25-21(19-13-5-9-15-7-1-3-11-17(15)19)24-22(26-23)20-14-6-10-16-8-2-4-12-18(16)20/h1-14H,(H,24,25,26,27). The summed E-state index contributed by atoms with van der Waals surface area (Å²) in [6.45, 7) is 0. The molecule has 0 saturated carbocycles. The van der Waals surface area contributed by atoms with Crippen molar-refractivity contribution in [2.75, 3.05) is 0 Å². The van der Waals surface area contributed by atoms with Gasteiger partial charge in [0.2, 0.25) is 4.77 Å². The maximum absolute atomic E-state index is 5.39. The average molecular weight is 365 g/mol. The van der Waals surface area contributed by atoms with Gasteiger partial charge < -0.3 is 4.98 Å². The summed E-state index contributed by atoms with van der Waals surface area (Å²) in [7, 11) is 0. The van der Waals surface area contributed by atoms with Gasteiger partial charge in [0.1, 0.15) is 11.6 Å². The summed E-state index contributed by atoms with van der Waals surface area (Å²) in [5, 5.41) is 4.60. The third-order valence-corrected chi connectivity index (χ3v) is 4.92. The van der Waals surface area contributed by atoms with E-state index in [9.17, 15) is 0 Å². The van der Waals surface area contributed by atoms with Gasteiger partial charge in [-0.25, -0.2) is 9.97 Å². The number of hydrogen-bond acceptors (Lipinski definition) is 3. The zero-order valence-corrected chi connectivity index (χ0v) is 15.2. The highest BCUT2D eigenvalue weighted by Gasteiger charge is 2.10. The van der Waals surface area contributed by atoms with Gasteiger partial charge in [-0.2, -0.15) is 0 Å². The number of H-pyrrole nitrogens is 1. The molecule has 0 fully saturated rings. The highest BCUT2D eigenvalue weighted by molar-refractivity contribution is 7.71. The number of fused-ring (bicyclic) bond motifs is 2. The molecule has 1 N–H and O–H groups in total. The normalized spacial score (nSPS) is 11.1. The molecule has 0 bridgehead atoms. The first-order valence-corrected chi connectivity index (χ1v) is 9.15. The molecule has 27 heavy (non-hydrogen) atoms. The molecule has 0 amide bonds. The van der Waals surface area contributed by atoms with Crippen molar-refractivity contribution in [3.05, 3.63) is 89.7 Å². The van der Waals surface area contributed by atoms with Gasteiger partial charge in [-0.15, -0.1) is 0 Å². The minimum atomic E-state index is 0.333. The van der Waals surface area contributed by atoms with Gasteiger partial charge in [0, 0.05) is 11.1 Å². The zero-order valence-electron chi connectivity index (χ0n) is 14.4. The van der Waals surface area contributed by atoms with Gasteiger partial charge in [0.25, 0.3) is 0 Å². The molecule has 0 aliphatic rings.